The second-order valence-corrected chi connectivity index (χ2v) is 5.61. The normalized spacial score (nSPS) is 12.5. The molecule has 1 aromatic heterocycles. The van der Waals surface area contributed by atoms with Crippen LogP contribution in [-0.2, 0) is 0 Å². The molecule has 0 fully saturated rings. The smallest absolute Gasteiger partial charge is 0.253 e. The number of hydrogen-bond acceptors (Lipinski definition) is 2. The second kappa shape index (κ2) is 7.16. The Morgan fingerprint density at radius 3 is 2.81 bits per heavy atom. The summed E-state index contributed by atoms with van der Waals surface area (Å²) in [6, 6.07) is 5.85. The number of carbonyl (C=O) groups excluding carboxylic acids is 1. The molecule has 4 nitrogen and oxygen atoms in total. The van der Waals surface area contributed by atoms with Gasteiger partial charge in [0.2, 0.25) is 0 Å². The van der Waals surface area contributed by atoms with Gasteiger partial charge in [-0.15, -0.1) is 0 Å². The molecule has 1 amide bonds. The van der Waals surface area contributed by atoms with E-state index in [1.54, 1.807) is 6.20 Å². The van der Waals surface area contributed by atoms with Gasteiger partial charge in [-0.3, -0.25) is 4.79 Å². The van der Waals surface area contributed by atoms with Gasteiger partial charge in [-0.2, -0.15) is 0 Å². The van der Waals surface area contributed by atoms with Crippen molar-refractivity contribution in [3.05, 3.63) is 30.0 Å². The molecule has 0 saturated heterocycles. The number of rotatable bonds is 7. The van der Waals surface area contributed by atoms with E-state index in [0.717, 1.165) is 43.0 Å². The highest BCUT2D eigenvalue weighted by Crippen LogP contribution is 2.21. The Bertz CT molecular complexity index is 603. The number of carbonyl (C=O) groups is 1. The van der Waals surface area contributed by atoms with E-state index in [1.165, 1.54) is 0 Å². The predicted molar refractivity (Wildman–Crippen MR) is 88.4 cm³/mol. The van der Waals surface area contributed by atoms with Crippen LogP contribution in [-0.4, -0.2) is 16.9 Å². The van der Waals surface area contributed by atoms with Crippen molar-refractivity contribution in [1.29, 1.82) is 0 Å². The molecule has 1 heterocycles. The molecule has 0 saturated carbocycles. The zero-order valence-electron chi connectivity index (χ0n) is 12.9. The van der Waals surface area contributed by atoms with Crippen molar-refractivity contribution in [2.75, 3.05) is 5.73 Å². The fourth-order valence-corrected chi connectivity index (χ4v) is 2.68. The van der Waals surface area contributed by atoms with E-state index < -0.39 is 0 Å². The number of nitrogens with two attached hydrogens (primary N) is 1. The predicted octanol–water partition coefficient (Wildman–Crippen LogP) is 3.84. The standard InChI is InChI=1S/C17H25N3O/c1-3-5-7-13(6-4-2)20-17(21)15-11-19-16-9-8-12(18)10-14(15)16/h8-11,13,19H,3-7,18H2,1-2H3,(H,20,21). The largest absolute Gasteiger partial charge is 0.399 e. The maximum Gasteiger partial charge on any atom is 0.253 e. The number of unbranched alkanes of at least 4 members (excludes halogenated alkanes) is 1. The Balaban J connectivity index is 2.15. The summed E-state index contributed by atoms with van der Waals surface area (Å²) in [5.74, 6) is -0.0126. The molecule has 4 N–H and O–H groups in total. The van der Waals surface area contributed by atoms with Gasteiger partial charge in [-0.05, 0) is 31.0 Å². The minimum absolute atomic E-state index is 0.0126. The van der Waals surface area contributed by atoms with Crippen LogP contribution < -0.4 is 11.1 Å². The molecular formula is C17H25N3O. The second-order valence-electron chi connectivity index (χ2n) is 5.61. The number of fused-ring (bicyclic) bond motifs is 1. The molecule has 1 unspecified atom stereocenters. The Morgan fingerprint density at radius 1 is 1.29 bits per heavy atom. The lowest BCUT2D eigenvalue weighted by Crippen LogP contribution is -2.34. The van der Waals surface area contributed by atoms with E-state index in [1.807, 2.05) is 18.2 Å². The quantitative estimate of drug-likeness (QED) is 0.677. The van der Waals surface area contributed by atoms with Crippen LogP contribution in [0, 0.1) is 0 Å². The molecule has 0 spiro atoms. The Labute approximate surface area is 126 Å². The molecule has 2 aromatic rings. The van der Waals surface area contributed by atoms with E-state index in [-0.39, 0.29) is 11.9 Å². The van der Waals surface area contributed by atoms with Gasteiger partial charge in [0, 0.05) is 28.8 Å². The van der Waals surface area contributed by atoms with Crippen molar-refractivity contribution in [3.8, 4) is 0 Å². The monoisotopic (exact) mass is 287 g/mol. The summed E-state index contributed by atoms with van der Waals surface area (Å²) in [6.45, 7) is 4.32. The van der Waals surface area contributed by atoms with Gasteiger partial charge in [0.05, 0.1) is 5.56 Å². The first-order chi connectivity index (χ1) is 10.2. The number of amides is 1. The van der Waals surface area contributed by atoms with E-state index >= 15 is 0 Å². The van der Waals surface area contributed by atoms with E-state index in [4.69, 9.17) is 5.73 Å². The third-order valence-corrected chi connectivity index (χ3v) is 3.83. The maximum absolute atomic E-state index is 12.5. The molecule has 0 radical (unpaired) electrons. The van der Waals surface area contributed by atoms with Crippen molar-refractivity contribution in [1.82, 2.24) is 10.3 Å². The average Bonchev–Trinajstić information content (AvgIpc) is 2.88. The number of H-pyrrole nitrogens is 1. The number of benzene rings is 1. The fourth-order valence-electron chi connectivity index (χ4n) is 2.68. The molecule has 114 valence electrons. The summed E-state index contributed by atoms with van der Waals surface area (Å²) >= 11 is 0. The summed E-state index contributed by atoms with van der Waals surface area (Å²) in [5, 5.41) is 4.05. The van der Waals surface area contributed by atoms with Crippen LogP contribution in [0.3, 0.4) is 0 Å². The van der Waals surface area contributed by atoms with Gasteiger partial charge in [-0.1, -0.05) is 33.1 Å². The van der Waals surface area contributed by atoms with Crippen molar-refractivity contribution in [2.24, 2.45) is 0 Å². The molecule has 0 aliphatic rings. The lowest BCUT2D eigenvalue weighted by Gasteiger charge is -2.17. The van der Waals surface area contributed by atoms with Crippen LogP contribution in [0.5, 0.6) is 0 Å². The molecule has 21 heavy (non-hydrogen) atoms. The Kier molecular flexibility index (Phi) is 5.26. The summed E-state index contributed by atoms with van der Waals surface area (Å²) in [7, 11) is 0. The van der Waals surface area contributed by atoms with Gasteiger partial charge < -0.3 is 16.0 Å². The molecule has 0 aliphatic heterocycles. The zero-order chi connectivity index (χ0) is 15.2. The number of aromatic nitrogens is 1. The summed E-state index contributed by atoms with van der Waals surface area (Å²) in [5.41, 5.74) is 8.11. The average molecular weight is 287 g/mol. The highest BCUT2D eigenvalue weighted by atomic mass is 16.1. The van der Waals surface area contributed by atoms with E-state index in [9.17, 15) is 4.79 Å². The van der Waals surface area contributed by atoms with Crippen molar-refractivity contribution >= 4 is 22.5 Å². The molecule has 1 atom stereocenters. The number of nitrogens with one attached hydrogen (secondary N) is 2. The molecule has 0 aliphatic carbocycles. The van der Waals surface area contributed by atoms with Crippen LogP contribution in [0.25, 0.3) is 10.9 Å². The minimum atomic E-state index is -0.0126. The van der Waals surface area contributed by atoms with E-state index in [2.05, 4.69) is 24.1 Å². The van der Waals surface area contributed by atoms with E-state index in [0.29, 0.717) is 11.3 Å². The van der Waals surface area contributed by atoms with Crippen LogP contribution >= 0.6 is 0 Å². The molecule has 4 heteroatoms. The van der Waals surface area contributed by atoms with Crippen LogP contribution in [0.4, 0.5) is 5.69 Å². The first-order valence-electron chi connectivity index (χ1n) is 7.83. The van der Waals surface area contributed by atoms with Crippen molar-refractivity contribution < 1.29 is 4.79 Å². The SMILES string of the molecule is CCCCC(CCC)NC(=O)c1c[nH]c2ccc(N)cc12. The lowest BCUT2D eigenvalue weighted by atomic mass is 10.0. The highest BCUT2D eigenvalue weighted by Gasteiger charge is 2.16. The summed E-state index contributed by atoms with van der Waals surface area (Å²) in [4.78, 5) is 15.6. The molecule has 1 aromatic carbocycles. The molecule has 2 rings (SSSR count). The Morgan fingerprint density at radius 2 is 2.10 bits per heavy atom. The van der Waals surface area contributed by atoms with Gasteiger partial charge in [0.1, 0.15) is 0 Å². The van der Waals surface area contributed by atoms with Crippen LogP contribution in [0.1, 0.15) is 56.3 Å². The van der Waals surface area contributed by atoms with Gasteiger partial charge in [-0.25, -0.2) is 0 Å². The lowest BCUT2D eigenvalue weighted by molar-refractivity contribution is 0.0934. The number of hydrogen-bond donors (Lipinski definition) is 3. The molecule has 0 bridgehead atoms. The fraction of sp³-hybridized carbons (Fsp3) is 0.471. The molecular weight excluding hydrogens is 262 g/mol. The van der Waals surface area contributed by atoms with Gasteiger partial charge >= 0.3 is 0 Å². The first-order valence-corrected chi connectivity index (χ1v) is 7.83. The van der Waals surface area contributed by atoms with Crippen molar-refractivity contribution in [3.63, 3.8) is 0 Å². The van der Waals surface area contributed by atoms with Crippen LogP contribution in [0.2, 0.25) is 0 Å². The van der Waals surface area contributed by atoms with Gasteiger partial charge in [0.15, 0.2) is 0 Å². The maximum atomic E-state index is 12.5. The Hall–Kier alpha value is -1.97. The number of aromatic amines is 1. The number of anilines is 1. The topological polar surface area (TPSA) is 70.9 Å². The summed E-state index contributed by atoms with van der Waals surface area (Å²) in [6.07, 6.45) is 7.21. The third kappa shape index (κ3) is 3.78. The van der Waals surface area contributed by atoms with Crippen LogP contribution in [0.15, 0.2) is 24.4 Å². The van der Waals surface area contributed by atoms with Crippen molar-refractivity contribution in [2.45, 2.75) is 52.0 Å². The first kappa shape index (κ1) is 15.4. The zero-order valence-corrected chi connectivity index (χ0v) is 12.9. The summed E-state index contributed by atoms with van der Waals surface area (Å²) < 4.78 is 0. The minimum Gasteiger partial charge on any atom is -0.399 e. The number of nitrogen functional groups attached to an aromatic ring is 1. The highest BCUT2D eigenvalue weighted by molar-refractivity contribution is 6.07. The van der Waals surface area contributed by atoms with Gasteiger partial charge in [0.25, 0.3) is 5.91 Å². The third-order valence-electron chi connectivity index (χ3n) is 3.83.